The van der Waals surface area contributed by atoms with Crippen molar-refractivity contribution < 1.29 is 9.53 Å². The maximum Gasteiger partial charge on any atom is 0.162 e. The molecule has 0 N–H and O–H groups in total. The smallest absolute Gasteiger partial charge is 0.162 e. The van der Waals surface area contributed by atoms with Gasteiger partial charge in [-0.25, -0.2) is 0 Å². The van der Waals surface area contributed by atoms with Crippen molar-refractivity contribution in [2.24, 2.45) is 0 Å². The SMILES string of the molecule is CCC1=C(OC)CCC1=O. The zero-order valence-electron chi connectivity index (χ0n) is 6.44. The van der Waals surface area contributed by atoms with Gasteiger partial charge in [0.1, 0.15) is 5.76 Å². The van der Waals surface area contributed by atoms with Crippen LogP contribution in [-0.2, 0) is 9.53 Å². The van der Waals surface area contributed by atoms with Crippen molar-refractivity contribution in [2.75, 3.05) is 7.11 Å². The van der Waals surface area contributed by atoms with Crippen LogP contribution < -0.4 is 0 Å². The minimum absolute atomic E-state index is 0.263. The molecule has 0 saturated carbocycles. The molecule has 10 heavy (non-hydrogen) atoms. The van der Waals surface area contributed by atoms with E-state index in [1.807, 2.05) is 6.92 Å². The van der Waals surface area contributed by atoms with Gasteiger partial charge in [0.25, 0.3) is 0 Å². The molecule has 0 radical (unpaired) electrons. The summed E-state index contributed by atoms with van der Waals surface area (Å²) in [6, 6.07) is 0. The molecular weight excluding hydrogens is 128 g/mol. The number of methoxy groups -OCH3 is 1. The number of allylic oxidation sites excluding steroid dienone is 2. The molecule has 56 valence electrons. The summed E-state index contributed by atoms with van der Waals surface area (Å²) >= 11 is 0. The highest BCUT2D eigenvalue weighted by Gasteiger charge is 2.21. The molecule has 0 amide bonds. The second kappa shape index (κ2) is 2.86. The standard InChI is InChI=1S/C8H12O2/c1-3-6-7(9)4-5-8(6)10-2/h3-5H2,1-2H3. The van der Waals surface area contributed by atoms with Crippen LogP contribution >= 0.6 is 0 Å². The van der Waals surface area contributed by atoms with E-state index in [1.165, 1.54) is 0 Å². The van der Waals surface area contributed by atoms with Crippen molar-refractivity contribution in [3.05, 3.63) is 11.3 Å². The van der Waals surface area contributed by atoms with Crippen molar-refractivity contribution in [3.63, 3.8) is 0 Å². The number of ketones is 1. The van der Waals surface area contributed by atoms with Crippen molar-refractivity contribution in [3.8, 4) is 0 Å². The first kappa shape index (κ1) is 7.32. The molecular formula is C8H12O2. The molecule has 0 spiro atoms. The molecule has 0 unspecified atom stereocenters. The predicted octanol–water partition coefficient (Wildman–Crippen LogP) is 1.66. The first-order valence-corrected chi connectivity index (χ1v) is 3.58. The maximum absolute atomic E-state index is 11.0. The summed E-state index contributed by atoms with van der Waals surface area (Å²) in [6.45, 7) is 1.98. The Labute approximate surface area is 60.9 Å². The number of Topliss-reactive ketones (excluding diaryl/α,β-unsaturated/α-hetero) is 1. The fourth-order valence-corrected chi connectivity index (χ4v) is 1.30. The third kappa shape index (κ3) is 1.06. The van der Waals surface area contributed by atoms with Crippen LogP contribution in [0.1, 0.15) is 26.2 Å². The molecule has 0 aromatic carbocycles. The number of carbonyl (C=O) groups excluding carboxylic acids is 1. The van der Waals surface area contributed by atoms with Crippen LogP contribution in [0.5, 0.6) is 0 Å². The van der Waals surface area contributed by atoms with Crippen molar-refractivity contribution in [1.82, 2.24) is 0 Å². The fraction of sp³-hybridized carbons (Fsp3) is 0.625. The minimum atomic E-state index is 0.263. The van der Waals surface area contributed by atoms with E-state index in [2.05, 4.69) is 0 Å². The second-order valence-corrected chi connectivity index (χ2v) is 2.38. The molecule has 1 rings (SSSR count). The first-order valence-electron chi connectivity index (χ1n) is 3.58. The van der Waals surface area contributed by atoms with E-state index >= 15 is 0 Å². The van der Waals surface area contributed by atoms with Gasteiger partial charge in [-0.3, -0.25) is 4.79 Å². The average Bonchev–Trinajstić information content (AvgIpc) is 2.30. The Balaban J connectivity index is 2.81. The Morgan fingerprint density at radius 3 is 2.60 bits per heavy atom. The van der Waals surface area contributed by atoms with Gasteiger partial charge in [0, 0.05) is 18.4 Å². The fourth-order valence-electron chi connectivity index (χ4n) is 1.30. The number of hydrogen-bond acceptors (Lipinski definition) is 2. The molecule has 0 fully saturated rings. The molecule has 2 nitrogen and oxygen atoms in total. The molecule has 0 aliphatic heterocycles. The van der Waals surface area contributed by atoms with Gasteiger partial charge < -0.3 is 4.74 Å². The Morgan fingerprint density at radius 2 is 2.20 bits per heavy atom. The van der Waals surface area contributed by atoms with Crippen LogP contribution in [0.15, 0.2) is 11.3 Å². The molecule has 0 heterocycles. The average molecular weight is 140 g/mol. The summed E-state index contributed by atoms with van der Waals surface area (Å²) < 4.78 is 5.04. The molecule has 0 saturated heterocycles. The third-order valence-electron chi connectivity index (χ3n) is 1.85. The van der Waals surface area contributed by atoms with Gasteiger partial charge in [-0.2, -0.15) is 0 Å². The quantitative estimate of drug-likeness (QED) is 0.583. The number of carbonyl (C=O) groups is 1. The number of ether oxygens (including phenoxy) is 1. The predicted molar refractivity (Wildman–Crippen MR) is 38.6 cm³/mol. The monoisotopic (exact) mass is 140 g/mol. The van der Waals surface area contributed by atoms with Gasteiger partial charge in [-0.1, -0.05) is 6.92 Å². The summed E-state index contributed by atoms with van der Waals surface area (Å²) in [5.74, 6) is 1.16. The van der Waals surface area contributed by atoms with Crippen LogP contribution in [0.25, 0.3) is 0 Å². The third-order valence-corrected chi connectivity index (χ3v) is 1.85. The van der Waals surface area contributed by atoms with Crippen LogP contribution in [0, 0.1) is 0 Å². The van der Waals surface area contributed by atoms with E-state index in [0.29, 0.717) is 6.42 Å². The van der Waals surface area contributed by atoms with Gasteiger partial charge >= 0.3 is 0 Å². The van der Waals surface area contributed by atoms with E-state index in [9.17, 15) is 4.79 Å². The van der Waals surface area contributed by atoms with Crippen LogP contribution in [0.3, 0.4) is 0 Å². The summed E-state index contributed by atoms with van der Waals surface area (Å²) in [5.41, 5.74) is 0.891. The molecule has 0 aromatic rings. The van der Waals surface area contributed by atoms with Gasteiger partial charge in [-0.15, -0.1) is 0 Å². The molecule has 2 heteroatoms. The second-order valence-electron chi connectivity index (χ2n) is 2.38. The lowest BCUT2D eigenvalue weighted by Crippen LogP contribution is -1.94. The highest BCUT2D eigenvalue weighted by molar-refractivity contribution is 5.98. The van der Waals surface area contributed by atoms with E-state index in [4.69, 9.17) is 4.74 Å². The highest BCUT2D eigenvalue weighted by atomic mass is 16.5. The summed E-state index contributed by atoms with van der Waals surface area (Å²) in [7, 11) is 1.63. The molecule has 1 aliphatic rings. The van der Waals surface area contributed by atoms with Crippen LogP contribution in [0.4, 0.5) is 0 Å². The largest absolute Gasteiger partial charge is 0.501 e. The Bertz CT molecular complexity index is 180. The maximum atomic E-state index is 11.0. The first-order chi connectivity index (χ1) is 4.79. The summed E-state index contributed by atoms with van der Waals surface area (Å²) in [6.07, 6.45) is 2.26. The van der Waals surface area contributed by atoms with Crippen molar-refractivity contribution in [1.29, 1.82) is 0 Å². The van der Waals surface area contributed by atoms with Crippen LogP contribution in [-0.4, -0.2) is 12.9 Å². The lowest BCUT2D eigenvalue weighted by atomic mass is 10.2. The minimum Gasteiger partial charge on any atom is -0.501 e. The van der Waals surface area contributed by atoms with Gasteiger partial charge in [0.15, 0.2) is 5.78 Å². The highest BCUT2D eigenvalue weighted by Crippen LogP contribution is 2.24. The Hall–Kier alpha value is -0.790. The molecule has 0 bridgehead atoms. The van der Waals surface area contributed by atoms with Gasteiger partial charge in [-0.05, 0) is 6.42 Å². The van der Waals surface area contributed by atoms with E-state index in [-0.39, 0.29) is 5.78 Å². The van der Waals surface area contributed by atoms with E-state index in [1.54, 1.807) is 7.11 Å². The lowest BCUT2D eigenvalue weighted by molar-refractivity contribution is -0.115. The molecule has 0 atom stereocenters. The molecule has 0 aromatic heterocycles. The summed E-state index contributed by atoms with van der Waals surface area (Å²) in [4.78, 5) is 11.0. The van der Waals surface area contributed by atoms with Crippen molar-refractivity contribution in [2.45, 2.75) is 26.2 Å². The van der Waals surface area contributed by atoms with Crippen LogP contribution in [0.2, 0.25) is 0 Å². The number of hydrogen-bond donors (Lipinski definition) is 0. The zero-order valence-corrected chi connectivity index (χ0v) is 6.44. The van der Waals surface area contributed by atoms with Crippen molar-refractivity contribution >= 4 is 5.78 Å². The zero-order chi connectivity index (χ0) is 7.56. The lowest BCUT2D eigenvalue weighted by Gasteiger charge is -2.00. The normalized spacial score (nSPS) is 18.4. The Kier molecular flexibility index (Phi) is 2.10. The number of rotatable bonds is 2. The van der Waals surface area contributed by atoms with Gasteiger partial charge in [0.05, 0.1) is 7.11 Å². The van der Waals surface area contributed by atoms with Gasteiger partial charge in [0.2, 0.25) is 0 Å². The van der Waals surface area contributed by atoms with E-state index in [0.717, 1.165) is 24.2 Å². The molecule has 1 aliphatic carbocycles. The topological polar surface area (TPSA) is 26.3 Å². The summed E-state index contributed by atoms with van der Waals surface area (Å²) in [5, 5.41) is 0. The Morgan fingerprint density at radius 1 is 1.50 bits per heavy atom. The van der Waals surface area contributed by atoms with E-state index < -0.39 is 0 Å².